The molecule has 2 saturated heterocycles. The maximum atomic E-state index is 12.6. The van der Waals surface area contributed by atoms with Crippen molar-refractivity contribution < 1.29 is 14.3 Å². The van der Waals surface area contributed by atoms with E-state index in [1.807, 2.05) is 35.2 Å². The van der Waals surface area contributed by atoms with Gasteiger partial charge < -0.3 is 19.7 Å². The number of nitrogens with zero attached hydrogens (tertiary/aromatic N) is 1. The molecule has 0 bridgehead atoms. The standard InChI is InChI=1S/C22H26N2O3/c25-22(24-12-11-18(15-24)17-6-2-1-3-7-17)23-19-8-4-9-20(14-19)27-16-21-10-5-13-26-21/h1-4,6-9,14,18,21H,5,10-13,15-16H2,(H,23,25)/t18-,21-/m1/s1. The third kappa shape index (κ3) is 4.61. The highest BCUT2D eigenvalue weighted by atomic mass is 16.5. The normalized spacial score (nSPS) is 22.0. The molecule has 0 saturated carbocycles. The average Bonchev–Trinajstić information content (AvgIpc) is 3.39. The number of rotatable bonds is 5. The lowest BCUT2D eigenvalue weighted by molar-refractivity contribution is 0.0680. The fourth-order valence-electron chi connectivity index (χ4n) is 3.77. The molecule has 2 aliphatic heterocycles. The SMILES string of the molecule is O=C(Nc1cccc(OC[C@H]2CCCO2)c1)N1CC[C@@H](c2ccccc2)C1. The van der Waals surface area contributed by atoms with Crippen LogP contribution in [-0.4, -0.2) is 43.3 Å². The molecule has 5 heteroatoms. The molecule has 0 spiro atoms. The Labute approximate surface area is 160 Å². The van der Waals surface area contributed by atoms with Gasteiger partial charge in [0.05, 0.1) is 6.10 Å². The summed E-state index contributed by atoms with van der Waals surface area (Å²) in [5.74, 6) is 1.17. The second-order valence-corrected chi connectivity index (χ2v) is 7.25. The van der Waals surface area contributed by atoms with Gasteiger partial charge in [-0.15, -0.1) is 0 Å². The van der Waals surface area contributed by atoms with E-state index in [4.69, 9.17) is 9.47 Å². The van der Waals surface area contributed by atoms with Crippen LogP contribution in [0.25, 0.3) is 0 Å². The van der Waals surface area contributed by atoms with E-state index in [1.165, 1.54) is 5.56 Å². The van der Waals surface area contributed by atoms with Crippen molar-refractivity contribution in [3.05, 3.63) is 60.2 Å². The van der Waals surface area contributed by atoms with E-state index in [0.29, 0.717) is 12.5 Å². The van der Waals surface area contributed by atoms with Gasteiger partial charge in [-0.3, -0.25) is 0 Å². The lowest BCUT2D eigenvalue weighted by Gasteiger charge is -2.18. The van der Waals surface area contributed by atoms with Crippen molar-refractivity contribution in [2.24, 2.45) is 0 Å². The number of benzene rings is 2. The van der Waals surface area contributed by atoms with E-state index in [0.717, 1.165) is 50.4 Å². The minimum atomic E-state index is -0.0512. The van der Waals surface area contributed by atoms with Gasteiger partial charge >= 0.3 is 6.03 Å². The molecule has 142 valence electrons. The lowest BCUT2D eigenvalue weighted by atomic mass is 9.99. The molecule has 2 amide bonds. The first-order chi connectivity index (χ1) is 13.3. The summed E-state index contributed by atoms with van der Waals surface area (Å²) in [5.41, 5.74) is 2.06. The predicted octanol–water partition coefficient (Wildman–Crippen LogP) is 4.27. The van der Waals surface area contributed by atoms with Gasteiger partial charge in [-0.05, 0) is 37.0 Å². The molecule has 4 rings (SSSR count). The van der Waals surface area contributed by atoms with Crippen molar-refractivity contribution in [2.75, 3.05) is 31.6 Å². The Hall–Kier alpha value is -2.53. The summed E-state index contributed by atoms with van der Waals surface area (Å²) in [7, 11) is 0. The average molecular weight is 366 g/mol. The molecule has 0 aromatic heterocycles. The van der Waals surface area contributed by atoms with Crippen molar-refractivity contribution in [3.63, 3.8) is 0 Å². The summed E-state index contributed by atoms with van der Waals surface area (Å²) in [6.45, 7) is 2.91. The van der Waals surface area contributed by atoms with Gasteiger partial charge in [0.25, 0.3) is 0 Å². The molecule has 0 aliphatic carbocycles. The lowest BCUT2D eigenvalue weighted by Crippen LogP contribution is -2.32. The second-order valence-electron chi connectivity index (χ2n) is 7.25. The van der Waals surface area contributed by atoms with Crippen LogP contribution in [0.4, 0.5) is 10.5 Å². The van der Waals surface area contributed by atoms with Gasteiger partial charge in [0.15, 0.2) is 0 Å². The summed E-state index contributed by atoms with van der Waals surface area (Å²) in [4.78, 5) is 14.5. The molecular weight excluding hydrogens is 340 g/mol. The molecule has 5 nitrogen and oxygen atoms in total. The number of urea groups is 1. The van der Waals surface area contributed by atoms with E-state index >= 15 is 0 Å². The second kappa shape index (κ2) is 8.44. The number of likely N-dealkylation sites (tertiary alicyclic amines) is 1. The maximum Gasteiger partial charge on any atom is 0.321 e. The summed E-state index contributed by atoms with van der Waals surface area (Å²) >= 11 is 0. The fraction of sp³-hybridized carbons (Fsp3) is 0.409. The number of amides is 2. The van der Waals surface area contributed by atoms with E-state index in [9.17, 15) is 4.79 Å². The number of hydrogen-bond acceptors (Lipinski definition) is 3. The summed E-state index contributed by atoms with van der Waals surface area (Å²) in [5, 5.41) is 3.00. The van der Waals surface area contributed by atoms with Crippen LogP contribution in [0.5, 0.6) is 5.75 Å². The van der Waals surface area contributed by atoms with Gasteiger partial charge in [-0.1, -0.05) is 36.4 Å². The maximum absolute atomic E-state index is 12.6. The van der Waals surface area contributed by atoms with Crippen LogP contribution in [0.15, 0.2) is 54.6 Å². The zero-order chi connectivity index (χ0) is 18.5. The molecule has 2 heterocycles. The van der Waals surface area contributed by atoms with Crippen molar-refractivity contribution >= 4 is 11.7 Å². The fourth-order valence-corrected chi connectivity index (χ4v) is 3.77. The summed E-state index contributed by atoms with van der Waals surface area (Å²) in [6.07, 6.45) is 3.34. The van der Waals surface area contributed by atoms with Gasteiger partial charge in [0.2, 0.25) is 0 Å². The molecular formula is C22H26N2O3. The van der Waals surface area contributed by atoms with Gasteiger partial charge in [0, 0.05) is 37.4 Å². The van der Waals surface area contributed by atoms with Crippen LogP contribution in [0.3, 0.4) is 0 Å². The van der Waals surface area contributed by atoms with Crippen molar-refractivity contribution in [2.45, 2.75) is 31.3 Å². The Kier molecular flexibility index (Phi) is 5.58. The Morgan fingerprint density at radius 2 is 2.04 bits per heavy atom. The Morgan fingerprint density at radius 1 is 1.15 bits per heavy atom. The Morgan fingerprint density at radius 3 is 2.85 bits per heavy atom. The van der Waals surface area contributed by atoms with Crippen LogP contribution in [0.2, 0.25) is 0 Å². The highest BCUT2D eigenvalue weighted by molar-refractivity contribution is 5.89. The molecule has 1 N–H and O–H groups in total. The minimum absolute atomic E-state index is 0.0512. The highest BCUT2D eigenvalue weighted by Crippen LogP contribution is 2.27. The van der Waals surface area contributed by atoms with Crippen LogP contribution >= 0.6 is 0 Å². The summed E-state index contributed by atoms with van der Waals surface area (Å²) in [6, 6.07) is 17.9. The van der Waals surface area contributed by atoms with Crippen molar-refractivity contribution in [3.8, 4) is 5.75 Å². The molecule has 2 fully saturated rings. The number of nitrogens with one attached hydrogen (secondary N) is 1. The Balaban J connectivity index is 1.31. The van der Waals surface area contributed by atoms with E-state index < -0.39 is 0 Å². The predicted molar refractivity (Wildman–Crippen MR) is 105 cm³/mol. The molecule has 0 unspecified atom stereocenters. The largest absolute Gasteiger partial charge is 0.491 e. The minimum Gasteiger partial charge on any atom is -0.491 e. The molecule has 2 aliphatic rings. The van der Waals surface area contributed by atoms with Crippen LogP contribution < -0.4 is 10.1 Å². The smallest absolute Gasteiger partial charge is 0.321 e. The van der Waals surface area contributed by atoms with E-state index in [-0.39, 0.29) is 12.1 Å². The molecule has 0 radical (unpaired) electrons. The quantitative estimate of drug-likeness (QED) is 0.860. The van der Waals surface area contributed by atoms with Crippen LogP contribution in [0.1, 0.15) is 30.7 Å². The first kappa shape index (κ1) is 17.9. The number of carbonyl (C=O) groups is 1. The van der Waals surface area contributed by atoms with Crippen molar-refractivity contribution in [1.82, 2.24) is 4.90 Å². The molecule has 2 atom stereocenters. The molecule has 27 heavy (non-hydrogen) atoms. The van der Waals surface area contributed by atoms with E-state index in [2.05, 4.69) is 29.6 Å². The number of hydrogen-bond donors (Lipinski definition) is 1. The zero-order valence-corrected chi connectivity index (χ0v) is 15.5. The van der Waals surface area contributed by atoms with Gasteiger partial charge in [-0.25, -0.2) is 4.79 Å². The first-order valence-electron chi connectivity index (χ1n) is 9.73. The number of anilines is 1. The molecule has 2 aromatic rings. The van der Waals surface area contributed by atoms with Crippen molar-refractivity contribution in [1.29, 1.82) is 0 Å². The monoisotopic (exact) mass is 366 g/mol. The number of ether oxygens (including phenoxy) is 2. The molecule has 2 aromatic carbocycles. The Bertz CT molecular complexity index is 759. The number of carbonyl (C=O) groups excluding carboxylic acids is 1. The zero-order valence-electron chi connectivity index (χ0n) is 15.5. The summed E-state index contributed by atoms with van der Waals surface area (Å²) < 4.78 is 11.4. The third-order valence-electron chi connectivity index (χ3n) is 5.29. The van der Waals surface area contributed by atoms with E-state index in [1.54, 1.807) is 0 Å². The van der Waals surface area contributed by atoms with Crippen LogP contribution in [-0.2, 0) is 4.74 Å². The highest BCUT2D eigenvalue weighted by Gasteiger charge is 2.27. The topological polar surface area (TPSA) is 50.8 Å². The van der Waals surface area contributed by atoms with Crippen LogP contribution in [0, 0.1) is 0 Å². The first-order valence-corrected chi connectivity index (χ1v) is 9.73. The van der Waals surface area contributed by atoms with Gasteiger partial charge in [-0.2, -0.15) is 0 Å². The van der Waals surface area contributed by atoms with Gasteiger partial charge in [0.1, 0.15) is 12.4 Å². The third-order valence-corrected chi connectivity index (χ3v) is 5.29.